The first-order valence-corrected chi connectivity index (χ1v) is 9.12. The second-order valence-electron chi connectivity index (χ2n) is 5.64. The van der Waals surface area contributed by atoms with Gasteiger partial charge in [0.05, 0.1) is 4.90 Å². The number of likely N-dealkylation sites (N-methyl/N-ethyl adjacent to an activating group) is 1. The maximum Gasteiger partial charge on any atom is 0.253 e. The van der Waals surface area contributed by atoms with Crippen molar-refractivity contribution in [2.24, 2.45) is 0 Å². The van der Waals surface area contributed by atoms with Crippen LogP contribution in [0.25, 0.3) is 0 Å². The van der Waals surface area contributed by atoms with Gasteiger partial charge in [-0.1, -0.05) is 6.08 Å². The van der Waals surface area contributed by atoms with Crippen molar-refractivity contribution in [3.8, 4) is 0 Å². The molecule has 1 aromatic rings. The van der Waals surface area contributed by atoms with Crippen LogP contribution in [0.3, 0.4) is 0 Å². The molecule has 7 heteroatoms. The number of hydrogen-bond acceptors (Lipinski definition) is 4. The highest BCUT2D eigenvalue weighted by atomic mass is 32.2. The van der Waals surface area contributed by atoms with E-state index in [1.807, 2.05) is 0 Å². The third-order valence-electron chi connectivity index (χ3n) is 3.84. The normalized spacial score (nSPS) is 17.9. The third-order valence-corrected chi connectivity index (χ3v) is 5.28. The molecule has 0 aromatic heterocycles. The molecule has 23 heavy (non-hydrogen) atoms. The van der Waals surface area contributed by atoms with Crippen molar-refractivity contribution in [1.82, 2.24) is 14.9 Å². The fraction of sp³-hybridized carbons (Fsp3) is 0.438. The number of rotatable bonds is 7. The van der Waals surface area contributed by atoms with Crippen molar-refractivity contribution < 1.29 is 13.2 Å². The number of nitrogens with zero attached hydrogens (tertiary/aromatic N) is 1. The first kappa shape index (κ1) is 17.7. The predicted molar refractivity (Wildman–Crippen MR) is 89.8 cm³/mol. The molecule has 1 heterocycles. The van der Waals surface area contributed by atoms with Crippen LogP contribution in [0.15, 0.2) is 41.8 Å². The van der Waals surface area contributed by atoms with Gasteiger partial charge >= 0.3 is 0 Å². The largest absolute Gasteiger partial charge is 0.338 e. The standard InChI is InChI=1S/C16H23N3O3S/c1-3-11-19(2)16(20)13-6-8-15(9-7-13)23(21,22)18-12-14-5-4-10-17-14/h3,6-9,14,17-18H,1,4-5,10-12H2,2H3/t14-/m1/s1. The van der Waals surface area contributed by atoms with E-state index in [0.29, 0.717) is 18.7 Å². The maximum absolute atomic E-state index is 12.3. The van der Waals surface area contributed by atoms with Gasteiger partial charge in [0.2, 0.25) is 10.0 Å². The summed E-state index contributed by atoms with van der Waals surface area (Å²) >= 11 is 0. The van der Waals surface area contributed by atoms with Gasteiger partial charge in [-0.25, -0.2) is 13.1 Å². The fourth-order valence-electron chi connectivity index (χ4n) is 2.50. The highest BCUT2D eigenvalue weighted by Gasteiger charge is 2.20. The van der Waals surface area contributed by atoms with E-state index in [1.165, 1.54) is 29.2 Å². The molecule has 1 aliphatic heterocycles. The van der Waals surface area contributed by atoms with Crippen molar-refractivity contribution in [2.45, 2.75) is 23.8 Å². The fourth-order valence-corrected chi connectivity index (χ4v) is 3.58. The summed E-state index contributed by atoms with van der Waals surface area (Å²) in [7, 11) is -1.88. The van der Waals surface area contributed by atoms with Gasteiger partial charge in [-0.2, -0.15) is 0 Å². The summed E-state index contributed by atoms with van der Waals surface area (Å²) in [5, 5.41) is 3.24. The molecule has 1 fully saturated rings. The molecule has 1 amide bonds. The zero-order valence-electron chi connectivity index (χ0n) is 13.3. The smallest absolute Gasteiger partial charge is 0.253 e. The van der Waals surface area contributed by atoms with Crippen molar-refractivity contribution in [3.05, 3.63) is 42.5 Å². The van der Waals surface area contributed by atoms with Crippen LogP contribution in [-0.2, 0) is 10.0 Å². The van der Waals surface area contributed by atoms with Gasteiger partial charge in [-0.3, -0.25) is 4.79 Å². The Balaban J connectivity index is 2.02. The minimum Gasteiger partial charge on any atom is -0.338 e. The first-order valence-electron chi connectivity index (χ1n) is 7.63. The Hall–Kier alpha value is -1.70. The number of amides is 1. The van der Waals surface area contributed by atoms with E-state index in [9.17, 15) is 13.2 Å². The lowest BCUT2D eigenvalue weighted by Crippen LogP contribution is -2.37. The maximum atomic E-state index is 12.3. The summed E-state index contributed by atoms with van der Waals surface area (Å²) in [5.41, 5.74) is 0.450. The second-order valence-corrected chi connectivity index (χ2v) is 7.41. The van der Waals surface area contributed by atoms with Crippen LogP contribution in [0.4, 0.5) is 0 Å². The molecule has 0 bridgehead atoms. The molecule has 1 saturated heterocycles. The lowest BCUT2D eigenvalue weighted by Gasteiger charge is -2.15. The van der Waals surface area contributed by atoms with Gasteiger partial charge in [0.25, 0.3) is 5.91 Å². The van der Waals surface area contributed by atoms with Crippen molar-refractivity contribution in [2.75, 3.05) is 26.7 Å². The number of sulfonamides is 1. The summed E-state index contributed by atoms with van der Waals surface area (Å²) in [6.07, 6.45) is 3.69. The Labute approximate surface area is 137 Å². The van der Waals surface area contributed by atoms with Crippen LogP contribution in [0, 0.1) is 0 Å². The number of carbonyl (C=O) groups is 1. The van der Waals surface area contributed by atoms with Gasteiger partial charge < -0.3 is 10.2 Å². The van der Waals surface area contributed by atoms with Gasteiger partial charge in [0.15, 0.2) is 0 Å². The molecule has 2 rings (SSSR count). The summed E-state index contributed by atoms with van der Waals surface area (Å²) in [6.45, 7) is 5.34. The van der Waals surface area contributed by atoms with E-state index in [4.69, 9.17) is 0 Å². The van der Waals surface area contributed by atoms with E-state index >= 15 is 0 Å². The summed E-state index contributed by atoms with van der Waals surface area (Å²) < 4.78 is 27.1. The van der Waals surface area contributed by atoms with Crippen molar-refractivity contribution in [1.29, 1.82) is 0 Å². The number of hydrogen-bond donors (Lipinski definition) is 2. The third kappa shape index (κ3) is 4.63. The van der Waals surface area contributed by atoms with E-state index in [0.717, 1.165) is 19.4 Å². The SMILES string of the molecule is C=CCN(C)C(=O)c1ccc(S(=O)(=O)NC[C@H]2CCCN2)cc1. The number of carbonyl (C=O) groups excluding carboxylic acids is 1. The van der Waals surface area contributed by atoms with E-state index in [-0.39, 0.29) is 16.8 Å². The molecule has 1 aromatic carbocycles. The van der Waals surface area contributed by atoms with Gasteiger partial charge in [-0.15, -0.1) is 6.58 Å². The molecular formula is C16H23N3O3S. The summed E-state index contributed by atoms with van der Waals surface area (Å²) in [4.78, 5) is 13.8. The minimum atomic E-state index is -3.55. The Morgan fingerprint density at radius 1 is 1.43 bits per heavy atom. The number of nitrogens with one attached hydrogen (secondary N) is 2. The molecular weight excluding hydrogens is 314 g/mol. The van der Waals surface area contributed by atoms with Crippen molar-refractivity contribution >= 4 is 15.9 Å². The molecule has 1 atom stereocenters. The Bertz CT molecular complexity index is 650. The van der Waals surface area contributed by atoms with Gasteiger partial charge in [0.1, 0.15) is 0 Å². The monoisotopic (exact) mass is 337 g/mol. The molecule has 2 N–H and O–H groups in total. The van der Waals surface area contributed by atoms with Crippen LogP contribution in [0.1, 0.15) is 23.2 Å². The lowest BCUT2D eigenvalue weighted by atomic mass is 10.2. The zero-order valence-corrected chi connectivity index (χ0v) is 14.1. The van der Waals surface area contributed by atoms with E-state index in [2.05, 4.69) is 16.6 Å². The topological polar surface area (TPSA) is 78.5 Å². The Morgan fingerprint density at radius 2 is 2.13 bits per heavy atom. The highest BCUT2D eigenvalue weighted by molar-refractivity contribution is 7.89. The summed E-state index contributed by atoms with van der Waals surface area (Å²) in [5.74, 6) is -0.169. The van der Waals surface area contributed by atoms with Crippen molar-refractivity contribution in [3.63, 3.8) is 0 Å². The van der Waals surface area contributed by atoms with Crippen LogP contribution in [-0.4, -0.2) is 51.9 Å². The van der Waals surface area contributed by atoms with E-state index < -0.39 is 10.0 Å². The van der Waals surface area contributed by atoms with Crippen LogP contribution < -0.4 is 10.0 Å². The summed E-state index contributed by atoms with van der Waals surface area (Å²) in [6, 6.07) is 6.17. The van der Waals surface area contributed by atoms with E-state index in [1.54, 1.807) is 13.1 Å². The van der Waals surface area contributed by atoms with Gasteiger partial charge in [-0.05, 0) is 43.7 Å². The highest BCUT2D eigenvalue weighted by Crippen LogP contribution is 2.13. The van der Waals surface area contributed by atoms with Crippen LogP contribution in [0.5, 0.6) is 0 Å². The molecule has 0 unspecified atom stereocenters. The van der Waals surface area contributed by atoms with Gasteiger partial charge in [0, 0.05) is 31.7 Å². The molecule has 0 aliphatic carbocycles. The molecule has 1 aliphatic rings. The zero-order chi connectivity index (χ0) is 16.9. The predicted octanol–water partition coefficient (Wildman–Crippen LogP) is 0.975. The van der Waals surface area contributed by atoms with Crippen LogP contribution in [0.2, 0.25) is 0 Å². The minimum absolute atomic E-state index is 0.165. The Morgan fingerprint density at radius 3 is 2.70 bits per heavy atom. The quantitative estimate of drug-likeness (QED) is 0.727. The Kier molecular flexibility index (Phi) is 5.92. The average Bonchev–Trinajstić information content (AvgIpc) is 3.06. The molecule has 0 spiro atoms. The van der Waals surface area contributed by atoms with Crippen LogP contribution >= 0.6 is 0 Å². The second kappa shape index (κ2) is 7.72. The average molecular weight is 337 g/mol. The lowest BCUT2D eigenvalue weighted by molar-refractivity contribution is 0.0810. The first-order chi connectivity index (χ1) is 10.9. The molecule has 0 radical (unpaired) electrons. The molecule has 0 saturated carbocycles. The molecule has 6 nitrogen and oxygen atoms in total. The molecule has 126 valence electrons. The number of benzene rings is 1.